The van der Waals surface area contributed by atoms with Crippen LogP contribution < -0.4 is 10.6 Å². The largest absolute Gasteiger partial charge is 0.395 e. The van der Waals surface area contributed by atoms with Crippen molar-refractivity contribution in [1.82, 2.24) is 10.6 Å². The second-order valence-electron chi connectivity index (χ2n) is 4.15. The molecule has 0 saturated carbocycles. The van der Waals surface area contributed by atoms with E-state index in [1.54, 1.807) is 0 Å². The number of aliphatic hydroxyl groups is 1. The van der Waals surface area contributed by atoms with Crippen molar-refractivity contribution in [1.29, 1.82) is 5.26 Å². The molecule has 0 bridgehead atoms. The fourth-order valence-electron chi connectivity index (χ4n) is 1.35. The number of nitrogens with zero attached hydrogens (tertiary/aromatic N) is 1. The Labute approximate surface area is 96.8 Å². The maximum Gasteiger partial charge on any atom is 0.234 e. The smallest absolute Gasteiger partial charge is 0.234 e. The van der Waals surface area contributed by atoms with Crippen LogP contribution in [-0.2, 0) is 4.79 Å². The van der Waals surface area contributed by atoms with Crippen molar-refractivity contribution >= 4 is 5.91 Å². The van der Waals surface area contributed by atoms with Crippen molar-refractivity contribution in [2.45, 2.75) is 32.7 Å². The maximum absolute atomic E-state index is 11.3. The first-order chi connectivity index (χ1) is 7.60. The molecule has 0 spiro atoms. The third kappa shape index (κ3) is 8.21. The lowest BCUT2D eigenvalue weighted by Crippen LogP contribution is -2.41. The van der Waals surface area contributed by atoms with Crippen LogP contribution in [-0.4, -0.2) is 36.8 Å². The van der Waals surface area contributed by atoms with Gasteiger partial charge in [0.15, 0.2) is 0 Å². The summed E-state index contributed by atoms with van der Waals surface area (Å²) in [6.45, 7) is 4.73. The number of nitrogens with one attached hydrogen (secondary N) is 2. The third-order valence-corrected chi connectivity index (χ3v) is 2.09. The lowest BCUT2D eigenvalue weighted by molar-refractivity contribution is -0.120. The monoisotopic (exact) mass is 227 g/mol. The minimum Gasteiger partial charge on any atom is -0.395 e. The zero-order valence-corrected chi connectivity index (χ0v) is 9.99. The summed E-state index contributed by atoms with van der Waals surface area (Å²) in [5.74, 6) is 0.337. The molecule has 3 N–H and O–H groups in total. The number of aliphatic hydroxyl groups excluding tert-OH is 1. The Balaban J connectivity index is 3.67. The fraction of sp³-hybridized carbons (Fsp3) is 0.818. The minimum atomic E-state index is -0.141. The third-order valence-electron chi connectivity index (χ3n) is 2.09. The molecule has 5 heteroatoms. The summed E-state index contributed by atoms with van der Waals surface area (Å²) >= 11 is 0. The van der Waals surface area contributed by atoms with E-state index < -0.39 is 0 Å². The van der Waals surface area contributed by atoms with E-state index in [4.69, 9.17) is 10.4 Å². The summed E-state index contributed by atoms with van der Waals surface area (Å²) in [6.07, 6.45) is 1.16. The second kappa shape index (κ2) is 9.13. The Hall–Kier alpha value is -1.12. The highest BCUT2D eigenvalue weighted by Crippen LogP contribution is 2.03. The summed E-state index contributed by atoms with van der Waals surface area (Å²) in [7, 11) is 0. The molecule has 0 aromatic heterocycles. The van der Waals surface area contributed by atoms with Crippen molar-refractivity contribution in [3.8, 4) is 6.07 Å². The molecule has 0 aliphatic rings. The van der Waals surface area contributed by atoms with Crippen LogP contribution in [0.2, 0.25) is 0 Å². The highest BCUT2D eigenvalue weighted by atomic mass is 16.3. The molecule has 0 fully saturated rings. The molecule has 0 aromatic carbocycles. The molecule has 0 rings (SSSR count). The van der Waals surface area contributed by atoms with Crippen LogP contribution in [0.3, 0.4) is 0 Å². The normalized spacial score (nSPS) is 12.2. The van der Waals surface area contributed by atoms with E-state index in [2.05, 4.69) is 24.5 Å². The first kappa shape index (κ1) is 14.9. The van der Waals surface area contributed by atoms with Gasteiger partial charge in [-0.3, -0.25) is 4.79 Å². The Morgan fingerprint density at radius 1 is 1.50 bits per heavy atom. The van der Waals surface area contributed by atoms with E-state index in [9.17, 15) is 4.79 Å². The summed E-state index contributed by atoms with van der Waals surface area (Å²) in [5, 5.41) is 22.9. The lowest BCUT2D eigenvalue weighted by Gasteiger charge is -2.17. The van der Waals surface area contributed by atoms with E-state index in [0.29, 0.717) is 18.9 Å². The van der Waals surface area contributed by atoms with Gasteiger partial charge in [0.25, 0.3) is 0 Å². The van der Waals surface area contributed by atoms with Crippen molar-refractivity contribution in [3.05, 3.63) is 0 Å². The molecule has 0 aromatic rings. The van der Waals surface area contributed by atoms with Gasteiger partial charge in [-0.25, -0.2) is 0 Å². The predicted molar refractivity (Wildman–Crippen MR) is 61.6 cm³/mol. The number of amides is 1. The molecule has 1 amide bonds. The zero-order valence-electron chi connectivity index (χ0n) is 9.99. The molecule has 1 atom stereocenters. The summed E-state index contributed by atoms with van der Waals surface area (Å²) in [5.41, 5.74) is 0. The minimum absolute atomic E-state index is 0.0314. The van der Waals surface area contributed by atoms with Gasteiger partial charge in [-0.1, -0.05) is 13.8 Å². The van der Waals surface area contributed by atoms with Gasteiger partial charge in [0.05, 0.1) is 25.6 Å². The van der Waals surface area contributed by atoms with Crippen molar-refractivity contribution < 1.29 is 9.90 Å². The number of nitriles is 1. The van der Waals surface area contributed by atoms with Gasteiger partial charge in [-0.05, 0) is 12.3 Å². The maximum atomic E-state index is 11.3. The first-order valence-electron chi connectivity index (χ1n) is 5.58. The molecule has 0 aliphatic heterocycles. The second-order valence-corrected chi connectivity index (χ2v) is 4.15. The van der Waals surface area contributed by atoms with Gasteiger partial charge in [0, 0.05) is 12.6 Å². The van der Waals surface area contributed by atoms with Gasteiger partial charge in [-0.2, -0.15) is 5.26 Å². The quantitative estimate of drug-likeness (QED) is 0.510. The van der Waals surface area contributed by atoms with Crippen LogP contribution in [0.25, 0.3) is 0 Å². The van der Waals surface area contributed by atoms with E-state index >= 15 is 0 Å². The number of rotatable bonds is 8. The summed E-state index contributed by atoms with van der Waals surface area (Å²) in [4.78, 5) is 11.3. The van der Waals surface area contributed by atoms with Crippen molar-refractivity contribution in [2.24, 2.45) is 5.92 Å². The van der Waals surface area contributed by atoms with Gasteiger partial charge < -0.3 is 15.7 Å². The SMILES string of the molecule is CC(C)CC(CO)NCC(=O)NCCC#N. The van der Waals surface area contributed by atoms with Crippen LogP contribution in [0.15, 0.2) is 0 Å². The standard InChI is InChI=1S/C11H21N3O2/c1-9(2)6-10(8-15)14-7-11(16)13-5-3-4-12/h9-10,14-15H,3,5-8H2,1-2H3,(H,13,16). The number of hydrogen-bond donors (Lipinski definition) is 3. The van der Waals surface area contributed by atoms with Crippen LogP contribution in [0, 0.1) is 17.2 Å². The molecule has 16 heavy (non-hydrogen) atoms. The first-order valence-corrected chi connectivity index (χ1v) is 5.58. The van der Waals surface area contributed by atoms with Crippen LogP contribution in [0.5, 0.6) is 0 Å². The van der Waals surface area contributed by atoms with E-state index in [-0.39, 0.29) is 25.1 Å². The molecule has 5 nitrogen and oxygen atoms in total. The highest BCUT2D eigenvalue weighted by Gasteiger charge is 2.10. The summed E-state index contributed by atoms with van der Waals surface area (Å²) in [6, 6.07) is 1.91. The van der Waals surface area contributed by atoms with Crippen molar-refractivity contribution in [3.63, 3.8) is 0 Å². The highest BCUT2D eigenvalue weighted by molar-refractivity contribution is 5.77. The van der Waals surface area contributed by atoms with Gasteiger partial charge in [0.1, 0.15) is 0 Å². The number of carbonyl (C=O) groups is 1. The average Bonchev–Trinajstić information content (AvgIpc) is 2.24. The van der Waals surface area contributed by atoms with E-state index in [1.807, 2.05) is 6.07 Å². The zero-order chi connectivity index (χ0) is 12.4. The molecule has 0 aliphatic carbocycles. The Bertz CT molecular complexity index is 236. The van der Waals surface area contributed by atoms with Gasteiger partial charge in [-0.15, -0.1) is 0 Å². The lowest BCUT2D eigenvalue weighted by atomic mass is 10.0. The number of hydrogen-bond acceptors (Lipinski definition) is 4. The van der Waals surface area contributed by atoms with Gasteiger partial charge >= 0.3 is 0 Å². The van der Waals surface area contributed by atoms with Crippen LogP contribution >= 0.6 is 0 Å². The topological polar surface area (TPSA) is 85.2 Å². The molecule has 0 heterocycles. The fourth-order valence-corrected chi connectivity index (χ4v) is 1.35. The molecule has 92 valence electrons. The Morgan fingerprint density at radius 2 is 2.19 bits per heavy atom. The number of carbonyl (C=O) groups excluding carboxylic acids is 1. The molecular weight excluding hydrogens is 206 g/mol. The van der Waals surface area contributed by atoms with Crippen LogP contribution in [0.4, 0.5) is 0 Å². The van der Waals surface area contributed by atoms with Crippen molar-refractivity contribution in [2.75, 3.05) is 19.7 Å². The summed E-state index contributed by atoms with van der Waals surface area (Å²) < 4.78 is 0. The Morgan fingerprint density at radius 3 is 2.69 bits per heavy atom. The molecule has 0 radical (unpaired) electrons. The van der Waals surface area contributed by atoms with E-state index in [1.165, 1.54) is 0 Å². The van der Waals surface area contributed by atoms with Gasteiger partial charge in [0.2, 0.25) is 5.91 Å². The average molecular weight is 227 g/mol. The molecular formula is C11H21N3O2. The Kier molecular flexibility index (Phi) is 8.49. The molecule has 0 saturated heterocycles. The van der Waals surface area contributed by atoms with E-state index in [0.717, 1.165) is 6.42 Å². The van der Waals surface area contributed by atoms with Crippen LogP contribution in [0.1, 0.15) is 26.7 Å². The molecule has 1 unspecified atom stereocenters. The predicted octanol–water partition coefficient (Wildman–Crippen LogP) is 0.0129.